The third-order valence-electron chi connectivity index (χ3n) is 7.02. The van der Waals surface area contributed by atoms with Crippen molar-refractivity contribution in [2.24, 2.45) is 5.41 Å². The second-order valence-corrected chi connectivity index (χ2v) is 10.3. The van der Waals surface area contributed by atoms with E-state index in [2.05, 4.69) is 34.1 Å². The van der Waals surface area contributed by atoms with Crippen LogP contribution in [0.15, 0.2) is 42.5 Å². The Morgan fingerprint density at radius 1 is 1.05 bits per heavy atom. The largest absolute Gasteiger partial charge is 0.467 e. The Morgan fingerprint density at radius 3 is 2.42 bits per heavy atom. The molecular formula is C28H30ClF3N4O2. The molecule has 3 aromatic rings. The molecule has 1 amide bonds. The molecule has 1 heterocycles. The molecule has 0 bridgehead atoms. The van der Waals surface area contributed by atoms with Gasteiger partial charge in [0.1, 0.15) is 5.41 Å². The maximum atomic E-state index is 13.9. The molecule has 2 aromatic carbocycles. The molecule has 0 atom stereocenters. The monoisotopic (exact) mass is 546 g/mol. The number of alkyl halides is 3. The summed E-state index contributed by atoms with van der Waals surface area (Å²) in [5, 5.41) is 2.85. The zero-order valence-corrected chi connectivity index (χ0v) is 22.3. The fraction of sp³-hybridized carbons (Fsp3) is 0.429. The van der Waals surface area contributed by atoms with Gasteiger partial charge in [0.15, 0.2) is 11.6 Å². The van der Waals surface area contributed by atoms with Gasteiger partial charge in [0.25, 0.3) is 0 Å². The van der Waals surface area contributed by atoms with Crippen LogP contribution in [0.4, 0.5) is 13.2 Å². The predicted molar refractivity (Wildman–Crippen MR) is 140 cm³/mol. The predicted octanol–water partition coefficient (Wildman–Crippen LogP) is 7.12. The standard InChI is InChI=1S/C28H30ClF3N4O2/c1-17(2)19-8-7-9-20(15-19)23-34-24(36-26(35-23)38-3)21-14-18(10-11-22(21)29)16-33-25(37)27(28(30,31)32)12-5-4-6-13-27/h7-11,14-15,17H,4-6,12-13,16H2,1-3H3,(H,33,37). The highest BCUT2D eigenvalue weighted by atomic mass is 35.5. The van der Waals surface area contributed by atoms with Gasteiger partial charge in [0.05, 0.1) is 12.1 Å². The van der Waals surface area contributed by atoms with Gasteiger partial charge in [-0.05, 0) is 48.1 Å². The minimum Gasteiger partial charge on any atom is -0.467 e. The molecule has 202 valence electrons. The molecule has 0 aliphatic heterocycles. The zero-order valence-electron chi connectivity index (χ0n) is 21.5. The highest BCUT2D eigenvalue weighted by molar-refractivity contribution is 6.33. The second-order valence-electron chi connectivity index (χ2n) is 9.89. The van der Waals surface area contributed by atoms with Gasteiger partial charge in [-0.25, -0.2) is 4.98 Å². The number of halogens is 4. The Hall–Kier alpha value is -3.20. The molecule has 1 saturated carbocycles. The van der Waals surface area contributed by atoms with Gasteiger partial charge in [-0.2, -0.15) is 23.1 Å². The van der Waals surface area contributed by atoms with E-state index in [0.29, 0.717) is 47.2 Å². The highest BCUT2D eigenvalue weighted by Gasteiger charge is 2.59. The Balaban J connectivity index is 1.63. The van der Waals surface area contributed by atoms with Crippen molar-refractivity contribution in [1.82, 2.24) is 20.3 Å². The number of rotatable bonds is 7. The van der Waals surface area contributed by atoms with E-state index in [1.807, 2.05) is 24.3 Å². The number of nitrogens with one attached hydrogen (secondary N) is 1. The summed E-state index contributed by atoms with van der Waals surface area (Å²) >= 11 is 6.48. The first-order valence-corrected chi connectivity index (χ1v) is 13.0. The molecule has 38 heavy (non-hydrogen) atoms. The number of amides is 1. The first-order valence-electron chi connectivity index (χ1n) is 12.6. The van der Waals surface area contributed by atoms with Crippen LogP contribution in [0.1, 0.15) is 63.0 Å². The van der Waals surface area contributed by atoms with E-state index in [1.54, 1.807) is 18.2 Å². The Morgan fingerprint density at radius 2 is 1.76 bits per heavy atom. The molecule has 1 N–H and O–H groups in total. The van der Waals surface area contributed by atoms with Crippen molar-refractivity contribution in [3.05, 3.63) is 58.6 Å². The number of benzene rings is 2. The van der Waals surface area contributed by atoms with Gasteiger partial charge in [0.2, 0.25) is 5.91 Å². The maximum Gasteiger partial charge on any atom is 0.403 e. The van der Waals surface area contributed by atoms with Gasteiger partial charge < -0.3 is 10.1 Å². The van der Waals surface area contributed by atoms with Crippen molar-refractivity contribution in [3.63, 3.8) is 0 Å². The zero-order chi connectivity index (χ0) is 27.5. The van der Waals surface area contributed by atoms with E-state index in [4.69, 9.17) is 16.3 Å². The van der Waals surface area contributed by atoms with Gasteiger partial charge in [-0.15, -0.1) is 0 Å². The highest BCUT2D eigenvalue weighted by Crippen LogP contribution is 2.49. The molecule has 6 nitrogen and oxygen atoms in total. The lowest BCUT2D eigenvalue weighted by Gasteiger charge is -2.37. The third-order valence-corrected chi connectivity index (χ3v) is 7.35. The second kappa shape index (κ2) is 11.3. The quantitative estimate of drug-likeness (QED) is 0.341. The first-order chi connectivity index (χ1) is 18.0. The SMILES string of the molecule is COc1nc(-c2cccc(C(C)C)c2)nc(-c2cc(CNC(=O)C3(C(F)(F)F)CCCCC3)ccc2Cl)n1. The van der Waals surface area contributed by atoms with E-state index in [1.165, 1.54) is 7.11 Å². The van der Waals surface area contributed by atoms with E-state index in [9.17, 15) is 18.0 Å². The van der Waals surface area contributed by atoms with Crippen LogP contribution in [0.25, 0.3) is 22.8 Å². The molecule has 1 fully saturated rings. The van der Waals surface area contributed by atoms with Crippen molar-refractivity contribution in [2.45, 2.75) is 64.6 Å². The molecule has 1 aliphatic rings. The number of carbonyl (C=O) groups is 1. The van der Waals surface area contributed by atoms with Gasteiger partial charge in [-0.3, -0.25) is 4.79 Å². The summed E-state index contributed by atoms with van der Waals surface area (Å²) < 4.78 is 47.1. The number of methoxy groups -OCH3 is 1. The molecule has 1 aliphatic carbocycles. The summed E-state index contributed by atoms with van der Waals surface area (Å²) in [6.45, 7) is 4.09. The number of carbonyl (C=O) groups excluding carboxylic acids is 1. The molecule has 1 aromatic heterocycles. The minimum absolute atomic E-state index is 0.0909. The van der Waals surface area contributed by atoms with E-state index in [-0.39, 0.29) is 31.2 Å². The fourth-order valence-corrected chi connectivity index (χ4v) is 4.94. The molecule has 4 rings (SSSR count). The summed E-state index contributed by atoms with van der Waals surface area (Å²) in [7, 11) is 1.45. The number of hydrogen-bond acceptors (Lipinski definition) is 5. The summed E-state index contributed by atoms with van der Waals surface area (Å²) in [5.41, 5.74) is 0.565. The Bertz CT molecular complexity index is 1310. The average Bonchev–Trinajstić information content (AvgIpc) is 2.91. The molecule has 0 radical (unpaired) electrons. The van der Waals surface area contributed by atoms with Crippen LogP contribution in [0, 0.1) is 5.41 Å². The topological polar surface area (TPSA) is 77.0 Å². The van der Waals surface area contributed by atoms with Crippen molar-refractivity contribution in [1.29, 1.82) is 0 Å². The fourth-order valence-electron chi connectivity index (χ4n) is 4.73. The van der Waals surface area contributed by atoms with Gasteiger partial charge in [0, 0.05) is 17.7 Å². The number of aromatic nitrogens is 3. The summed E-state index contributed by atoms with van der Waals surface area (Å²) in [4.78, 5) is 26.2. The lowest BCUT2D eigenvalue weighted by atomic mass is 9.72. The summed E-state index contributed by atoms with van der Waals surface area (Å²) in [5.74, 6) is -0.0347. The summed E-state index contributed by atoms with van der Waals surface area (Å²) in [6.07, 6.45) is -3.54. The molecule has 0 saturated heterocycles. The van der Waals surface area contributed by atoms with Crippen LogP contribution in [-0.2, 0) is 11.3 Å². The van der Waals surface area contributed by atoms with Crippen LogP contribution in [0.2, 0.25) is 5.02 Å². The van der Waals surface area contributed by atoms with Crippen molar-refractivity contribution in [2.75, 3.05) is 7.11 Å². The van der Waals surface area contributed by atoms with Gasteiger partial charge >= 0.3 is 12.2 Å². The van der Waals surface area contributed by atoms with Crippen molar-refractivity contribution >= 4 is 17.5 Å². The van der Waals surface area contributed by atoms with E-state index >= 15 is 0 Å². The average molecular weight is 547 g/mol. The lowest BCUT2D eigenvalue weighted by Crippen LogP contribution is -2.51. The first kappa shape index (κ1) is 27.8. The number of hydrogen-bond donors (Lipinski definition) is 1. The number of nitrogens with zero attached hydrogens (tertiary/aromatic N) is 3. The maximum absolute atomic E-state index is 13.9. The molecule has 0 spiro atoms. The van der Waals surface area contributed by atoms with E-state index in [0.717, 1.165) is 11.1 Å². The van der Waals surface area contributed by atoms with Crippen LogP contribution < -0.4 is 10.1 Å². The minimum atomic E-state index is -4.60. The van der Waals surface area contributed by atoms with Gasteiger partial charge in [-0.1, -0.05) is 69.0 Å². The Labute approximate surface area is 225 Å². The summed E-state index contributed by atoms with van der Waals surface area (Å²) in [6, 6.07) is 12.9. The van der Waals surface area contributed by atoms with Crippen molar-refractivity contribution < 1.29 is 22.7 Å². The third kappa shape index (κ3) is 5.77. The molecule has 0 unspecified atom stereocenters. The van der Waals surface area contributed by atoms with E-state index < -0.39 is 17.5 Å². The lowest BCUT2D eigenvalue weighted by molar-refractivity contribution is -0.230. The normalized spacial score (nSPS) is 15.4. The van der Waals surface area contributed by atoms with Crippen LogP contribution in [0.3, 0.4) is 0 Å². The van der Waals surface area contributed by atoms with Crippen LogP contribution >= 0.6 is 11.6 Å². The Kier molecular flexibility index (Phi) is 8.25. The molecule has 10 heteroatoms. The van der Waals surface area contributed by atoms with Crippen LogP contribution in [-0.4, -0.2) is 34.1 Å². The van der Waals surface area contributed by atoms with Crippen molar-refractivity contribution in [3.8, 4) is 28.8 Å². The number of ether oxygens (including phenoxy) is 1. The smallest absolute Gasteiger partial charge is 0.403 e. The molecular weight excluding hydrogens is 517 g/mol. The van der Waals surface area contributed by atoms with Crippen LogP contribution in [0.5, 0.6) is 6.01 Å².